The van der Waals surface area contributed by atoms with Gasteiger partial charge in [0.05, 0.1) is 0 Å². The fourth-order valence-corrected chi connectivity index (χ4v) is 3.08. The third kappa shape index (κ3) is 4.25. The lowest BCUT2D eigenvalue weighted by atomic mass is 9.81. The number of benzene rings is 1. The van der Waals surface area contributed by atoms with Crippen LogP contribution in [0.1, 0.15) is 38.3 Å². The van der Waals surface area contributed by atoms with Crippen molar-refractivity contribution in [2.45, 2.75) is 45.4 Å². The highest BCUT2D eigenvalue weighted by Crippen LogP contribution is 2.30. The van der Waals surface area contributed by atoms with Crippen molar-refractivity contribution < 1.29 is 4.39 Å². The molecular weight excluding hydrogens is 267 g/mol. The van der Waals surface area contributed by atoms with Crippen LogP contribution in [-0.4, -0.2) is 4.83 Å². The lowest BCUT2D eigenvalue weighted by Gasteiger charge is -2.27. The van der Waals surface area contributed by atoms with Gasteiger partial charge in [-0.25, -0.2) is 4.39 Å². The summed E-state index contributed by atoms with van der Waals surface area (Å²) in [5.74, 6) is -0.145. The fraction of sp³-hybridized carbons (Fsp3) is 0.571. The lowest BCUT2D eigenvalue weighted by Crippen LogP contribution is -2.19. The van der Waals surface area contributed by atoms with Crippen LogP contribution in [0.4, 0.5) is 4.39 Å². The zero-order valence-corrected chi connectivity index (χ0v) is 12.1. The molecule has 0 nitrogen and oxygen atoms in total. The Morgan fingerprint density at radius 1 is 1.38 bits per heavy atom. The Bertz CT molecular complexity index is 356. The zero-order valence-electron chi connectivity index (χ0n) is 10.5. The Balaban J connectivity index is 2.79. The van der Waals surface area contributed by atoms with Crippen molar-refractivity contribution in [2.75, 3.05) is 0 Å². The van der Waals surface area contributed by atoms with Crippen molar-refractivity contribution >= 4 is 15.9 Å². The van der Waals surface area contributed by atoms with Gasteiger partial charge >= 0.3 is 0 Å². The SMILES string of the molecule is Cc1cc(F)ccc1CC(C)(C)CC(C)Br. The Morgan fingerprint density at radius 2 is 2.00 bits per heavy atom. The van der Waals surface area contributed by atoms with Crippen LogP contribution in [0.2, 0.25) is 0 Å². The van der Waals surface area contributed by atoms with E-state index >= 15 is 0 Å². The van der Waals surface area contributed by atoms with Crippen LogP contribution < -0.4 is 0 Å². The number of hydrogen-bond donors (Lipinski definition) is 0. The van der Waals surface area contributed by atoms with E-state index in [4.69, 9.17) is 0 Å². The minimum Gasteiger partial charge on any atom is -0.207 e. The predicted octanol–water partition coefficient (Wildman–Crippen LogP) is 4.88. The van der Waals surface area contributed by atoms with E-state index in [9.17, 15) is 4.39 Å². The maximum Gasteiger partial charge on any atom is 0.123 e. The summed E-state index contributed by atoms with van der Waals surface area (Å²) < 4.78 is 13.0. The summed E-state index contributed by atoms with van der Waals surface area (Å²) in [7, 11) is 0. The Labute approximate surface area is 106 Å². The summed E-state index contributed by atoms with van der Waals surface area (Å²) in [5, 5.41) is 0. The molecule has 0 radical (unpaired) electrons. The van der Waals surface area contributed by atoms with Gasteiger partial charge in [-0.05, 0) is 48.4 Å². The highest BCUT2D eigenvalue weighted by molar-refractivity contribution is 9.09. The summed E-state index contributed by atoms with van der Waals surface area (Å²) in [6.45, 7) is 8.66. The maximum atomic E-state index is 13.0. The van der Waals surface area contributed by atoms with E-state index in [0.29, 0.717) is 4.83 Å². The van der Waals surface area contributed by atoms with Gasteiger partial charge in [-0.3, -0.25) is 0 Å². The summed E-state index contributed by atoms with van der Waals surface area (Å²) in [5.41, 5.74) is 2.54. The molecule has 0 spiro atoms. The highest BCUT2D eigenvalue weighted by Gasteiger charge is 2.21. The molecule has 0 saturated carbocycles. The number of halogens is 2. The average Bonchev–Trinajstić information content (AvgIpc) is 2.07. The van der Waals surface area contributed by atoms with Gasteiger partial charge in [0.15, 0.2) is 0 Å². The second-order valence-electron chi connectivity index (χ2n) is 5.40. The lowest BCUT2D eigenvalue weighted by molar-refractivity contribution is 0.334. The fourth-order valence-electron chi connectivity index (χ4n) is 2.21. The molecule has 1 atom stereocenters. The molecule has 16 heavy (non-hydrogen) atoms. The van der Waals surface area contributed by atoms with Crippen LogP contribution in [0.25, 0.3) is 0 Å². The van der Waals surface area contributed by atoms with Gasteiger partial charge in [-0.15, -0.1) is 0 Å². The summed E-state index contributed by atoms with van der Waals surface area (Å²) >= 11 is 3.59. The van der Waals surface area contributed by atoms with E-state index in [0.717, 1.165) is 18.4 Å². The van der Waals surface area contributed by atoms with Crippen molar-refractivity contribution in [2.24, 2.45) is 5.41 Å². The molecule has 0 fully saturated rings. The first-order valence-electron chi connectivity index (χ1n) is 5.69. The first kappa shape index (κ1) is 13.7. The first-order chi connectivity index (χ1) is 7.30. The van der Waals surface area contributed by atoms with Gasteiger partial charge < -0.3 is 0 Å². The van der Waals surface area contributed by atoms with E-state index in [1.165, 1.54) is 5.56 Å². The third-order valence-electron chi connectivity index (χ3n) is 2.81. The van der Waals surface area contributed by atoms with Crippen LogP contribution in [0.5, 0.6) is 0 Å². The summed E-state index contributed by atoms with van der Waals surface area (Å²) in [6.07, 6.45) is 2.11. The van der Waals surface area contributed by atoms with Gasteiger partial charge in [-0.1, -0.05) is 42.8 Å². The molecule has 0 saturated heterocycles. The normalized spacial score (nSPS) is 13.9. The van der Waals surface area contributed by atoms with E-state index < -0.39 is 0 Å². The minimum atomic E-state index is -0.145. The van der Waals surface area contributed by atoms with Gasteiger partial charge in [0.25, 0.3) is 0 Å². The molecule has 0 bridgehead atoms. The monoisotopic (exact) mass is 286 g/mol. The molecule has 0 aliphatic carbocycles. The number of rotatable bonds is 4. The Morgan fingerprint density at radius 3 is 2.50 bits per heavy atom. The van der Waals surface area contributed by atoms with Crippen molar-refractivity contribution in [3.63, 3.8) is 0 Å². The third-order valence-corrected chi connectivity index (χ3v) is 3.13. The summed E-state index contributed by atoms with van der Waals surface area (Å²) in [4.78, 5) is 0.517. The Kier molecular flexibility index (Phi) is 4.54. The first-order valence-corrected chi connectivity index (χ1v) is 6.61. The van der Waals surface area contributed by atoms with Crippen LogP contribution in [0.15, 0.2) is 18.2 Å². The largest absolute Gasteiger partial charge is 0.207 e. The average molecular weight is 287 g/mol. The zero-order chi connectivity index (χ0) is 12.3. The number of hydrogen-bond acceptors (Lipinski definition) is 0. The van der Waals surface area contributed by atoms with Gasteiger partial charge in [0.2, 0.25) is 0 Å². The van der Waals surface area contributed by atoms with E-state index in [2.05, 4.69) is 36.7 Å². The van der Waals surface area contributed by atoms with Gasteiger partial charge in [0, 0.05) is 4.83 Å². The molecule has 1 aromatic rings. The number of aryl methyl sites for hydroxylation is 1. The predicted molar refractivity (Wildman–Crippen MR) is 71.6 cm³/mol. The van der Waals surface area contributed by atoms with Crippen molar-refractivity contribution in [3.05, 3.63) is 35.1 Å². The van der Waals surface area contributed by atoms with Crippen molar-refractivity contribution in [1.82, 2.24) is 0 Å². The van der Waals surface area contributed by atoms with E-state index in [1.54, 1.807) is 12.1 Å². The highest BCUT2D eigenvalue weighted by atomic mass is 79.9. The molecule has 2 heteroatoms. The minimum absolute atomic E-state index is 0.145. The molecule has 0 heterocycles. The molecule has 90 valence electrons. The van der Waals surface area contributed by atoms with Crippen LogP contribution in [0.3, 0.4) is 0 Å². The molecule has 1 aromatic carbocycles. The van der Waals surface area contributed by atoms with Crippen LogP contribution in [0, 0.1) is 18.2 Å². The molecule has 0 N–H and O–H groups in total. The molecule has 0 aliphatic heterocycles. The Hall–Kier alpha value is -0.370. The van der Waals surface area contributed by atoms with E-state index in [1.807, 2.05) is 13.0 Å². The van der Waals surface area contributed by atoms with Gasteiger partial charge in [0.1, 0.15) is 5.82 Å². The number of alkyl halides is 1. The molecule has 1 unspecified atom stereocenters. The second kappa shape index (κ2) is 5.31. The van der Waals surface area contributed by atoms with Crippen LogP contribution in [-0.2, 0) is 6.42 Å². The van der Waals surface area contributed by atoms with Gasteiger partial charge in [-0.2, -0.15) is 0 Å². The molecular formula is C14H20BrF. The van der Waals surface area contributed by atoms with Crippen LogP contribution >= 0.6 is 15.9 Å². The van der Waals surface area contributed by atoms with E-state index in [-0.39, 0.29) is 11.2 Å². The van der Waals surface area contributed by atoms with Crippen molar-refractivity contribution in [3.8, 4) is 0 Å². The maximum absolute atomic E-state index is 13.0. The van der Waals surface area contributed by atoms with Crippen molar-refractivity contribution in [1.29, 1.82) is 0 Å². The molecule has 0 aromatic heterocycles. The molecule has 0 amide bonds. The standard InChI is InChI=1S/C14H20BrF/c1-10-7-13(16)6-5-12(10)9-14(3,4)8-11(2)15/h5-7,11H,8-9H2,1-4H3. The molecule has 0 aliphatic rings. The smallest absolute Gasteiger partial charge is 0.123 e. The second-order valence-corrected chi connectivity index (χ2v) is 6.96. The quantitative estimate of drug-likeness (QED) is 0.693. The topological polar surface area (TPSA) is 0 Å². The summed E-state index contributed by atoms with van der Waals surface area (Å²) in [6, 6.07) is 5.07. The molecule has 1 rings (SSSR count).